The molecule has 12 heavy (non-hydrogen) atoms. The maximum Gasteiger partial charge on any atom is 0.277 e. The van der Waals surface area contributed by atoms with Crippen LogP contribution in [0.25, 0.3) is 0 Å². The number of rotatable bonds is 4. The van der Waals surface area contributed by atoms with Crippen molar-refractivity contribution < 1.29 is 8.42 Å². The summed E-state index contributed by atoms with van der Waals surface area (Å²) < 4.78 is 27.2. The van der Waals surface area contributed by atoms with Crippen molar-refractivity contribution in [1.29, 1.82) is 0 Å². The van der Waals surface area contributed by atoms with Gasteiger partial charge in [-0.1, -0.05) is 6.92 Å². The van der Waals surface area contributed by atoms with Gasteiger partial charge in [-0.15, -0.1) is 0 Å². The number of hydrogen-bond donors (Lipinski definition) is 3. The van der Waals surface area contributed by atoms with Gasteiger partial charge in [-0.2, -0.15) is 13.1 Å². The predicted molar refractivity (Wildman–Crippen MR) is 47.0 cm³/mol. The van der Waals surface area contributed by atoms with Gasteiger partial charge in [0.05, 0.1) is 0 Å². The molecule has 0 spiro atoms. The molecule has 3 N–H and O–H groups in total. The topological polar surface area (TPSA) is 70.2 Å². The molecule has 0 saturated carbocycles. The van der Waals surface area contributed by atoms with Crippen LogP contribution in [0.1, 0.15) is 13.3 Å². The first-order valence-electron chi connectivity index (χ1n) is 4.11. The molecule has 0 radical (unpaired) electrons. The molecule has 0 aromatic rings. The van der Waals surface area contributed by atoms with Gasteiger partial charge in [0.2, 0.25) is 0 Å². The highest BCUT2D eigenvalue weighted by Crippen LogP contribution is 1.97. The molecule has 0 aromatic carbocycles. The van der Waals surface area contributed by atoms with E-state index < -0.39 is 10.2 Å². The number of nitrogens with one attached hydrogen (secondary N) is 3. The number of hydrogen-bond acceptors (Lipinski definition) is 3. The standard InChI is InChI=1S/C6H15N3O2S/c1-2-8-12(10,11)9-6-3-4-7-5-6/h6-9H,2-5H2,1H3. The first kappa shape index (κ1) is 9.91. The summed E-state index contributed by atoms with van der Waals surface area (Å²) in [5, 5.41) is 3.08. The van der Waals surface area contributed by atoms with Crippen molar-refractivity contribution in [2.45, 2.75) is 19.4 Å². The van der Waals surface area contributed by atoms with Crippen LogP contribution >= 0.6 is 0 Å². The van der Waals surface area contributed by atoms with Crippen molar-refractivity contribution in [1.82, 2.24) is 14.8 Å². The van der Waals surface area contributed by atoms with Gasteiger partial charge in [-0.05, 0) is 13.0 Å². The van der Waals surface area contributed by atoms with E-state index in [1.165, 1.54) is 0 Å². The lowest BCUT2D eigenvalue weighted by Gasteiger charge is -2.11. The Hall–Kier alpha value is -0.170. The van der Waals surface area contributed by atoms with Crippen molar-refractivity contribution in [2.75, 3.05) is 19.6 Å². The van der Waals surface area contributed by atoms with E-state index in [4.69, 9.17) is 0 Å². The van der Waals surface area contributed by atoms with Crippen LogP contribution < -0.4 is 14.8 Å². The van der Waals surface area contributed by atoms with Crippen molar-refractivity contribution in [3.05, 3.63) is 0 Å². The lowest BCUT2D eigenvalue weighted by atomic mass is 10.3. The normalized spacial score (nSPS) is 24.6. The smallest absolute Gasteiger partial charge is 0.277 e. The summed E-state index contributed by atoms with van der Waals surface area (Å²) in [5.74, 6) is 0. The largest absolute Gasteiger partial charge is 0.315 e. The molecule has 0 aliphatic carbocycles. The summed E-state index contributed by atoms with van der Waals surface area (Å²) in [5.41, 5.74) is 0. The molecule has 1 unspecified atom stereocenters. The van der Waals surface area contributed by atoms with Crippen molar-refractivity contribution in [3.63, 3.8) is 0 Å². The van der Waals surface area contributed by atoms with Gasteiger partial charge in [0.25, 0.3) is 10.2 Å². The maximum absolute atomic E-state index is 11.1. The highest BCUT2D eigenvalue weighted by atomic mass is 32.2. The fourth-order valence-corrected chi connectivity index (χ4v) is 2.31. The minimum Gasteiger partial charge on any atom is -0.315 e. The lowest BCUT2D eigenvalue weighted by Crippen LogP contribution is -2.43. The van der Waals surface area contributed by atoms with Crippen LogP contribution in [-0.2, 0) is 10.2 Å². The van der Waals surface area contributed by atoms with Crippen LogP contribution in [0.15, 0.2) is 0 Å². The van der Waals surface area contributed by atoms with Gasteiger partial charge >= 0.3 is 0 Å². The van der Waals surface area contributed by atoms with E-state index in [1.807, 2.05) is 0 Å². The predicted octanol–water partition coefficient (Wildman–Crippen LogP) is -1.21. The van der Waals surface area contributed by atoms with Gasteiger partial charge < -0.3 is 5.32 Å². The zero-order valence-electron chi connectivity index (χ0n) is 7.13. The molecule has 1 fully saturated rings. The fraction of sp³-hybridized carbons (Fsp3) is 1.00. The molecule has 1 rings (SSSR count). The quantitative estimate of drug-likeness (QED) is 0.525. The monoisotopic (exact) mass is 193 g/mol. The van der Waals surface area contributed by atoms with Gasteiger partial charge in [0.15, 0.2) is 0 Å². The zero-order chi connectivity index (χ0) is 9.03. The van der Waals surface area contributed by atoms with E-state index in [9.17, 15) is 8.42 Å². The molecule has 5 nitrogen and oxygen atoms in total. The van der Waals surface area contributed by atoms with Crippen LogP contribution in [0, 0.1) is 0 Å². The minimum absolute atomic E-state index is 0.0500. The SMILES string of the molecule is CCNS(=O)(=O)NC1CCNC1. The Bertz CT molecular complexity index is 221. The Kier molecular flexibility index (Phi) is 3.45. The Morgan fingerprint density at radius 2 is 2.33 bits per heavy atom. The molecule has 0 bridgehead atoms. The van der Waals surface area contributed by atoms with Gasteiger partial charge in [-0.25, -0.2) is 4.72 Å². The Morgan fingerprint density at radius 1 is 1.58 bits per heavy atom. The molecule has 6 heteroatoms. The summed E-state index contributed by atoms with van der Waals surface area (Å²) in [6.45, 7) is 3.80. The Balaban J connectivity index is 2.38. The molecule has 0 aromatic heterocycles. The molecule has 0 amide bonds. The summed E-state index contributed by atoms with van der Waals surface area (Å²) in [6, 6.07) is 0.0500. The second-order valence-electron chi connectivity index (χ2n) is 2.81. The molecule has 1 atom stereocenters. The van der Waals surface area contributed by atoms with E-state index in [2.05, 4.69) is 14.8 Å². The van der Waals surface area contributed by atoms with E-state index in [1.54, 1.807) is 6.92 Å². The molecule has 1 aliphatic heterocycles. The summed E-state index contributed by atoms with van der Waals surface area (Å²) in [7, 11) is -3.26. The first-order chi connectivity index (χ1) is 5.64. The fourth-order valence-electron chi connectivity index (χ4n) is 1.21. The minimum atomic E-state index is -3.26. The van der Waals surface area contributed by atoms with Crippen LogP contribution in [0.4, 0.5) is 0 Å². The molecular formula is C6H15N3O2S. The van der Waals surface area contributed by atoms with Gasteiger partial charge in [-0.3, -0.25) is 0 Å². The zero-order valence-corrected chi connectivity index (χ0v) is 7.95. The average molecular weight is 193 g/mol. The third-order valence-corrected chi connectivity index (χ3v) is 3.03. The molecule has 72 valence electrons. The highest BCUT2D eigenvalue weighted by molar-refractivity contribution is 7.87. The second-order valence-corrected chi connectivity index (χ2v) is 4.34. The Labute approximate surface area is 73.1 Å². The average Bonchev–Trinajstić information content (AvgIpc) is 2.38. The first-order valence-corrected chi connectivity index (χ1v) is 5.60. The Morgan fingerprint density at radius 3 is 2.83 bits per heavy atom. The maximum atomic E-state index is 11.1. The third kappa shape index (κ3) is 3.06. The summed E-state index contributed by atoms with van der Waals surface area (Å²) in [4.78, 5) is 0. The molecule has 1 heterocycles. The van der Waals surface area contributed by atoms with E-state index in [-0.39, 0.29) is 6.04 Å². The van der Waals surface area contributed by atoms with Crippen molar-refractivity contribution in [3.8, 4) is 0 Å². The molecule has 1 saturated heterocycles. The molecule has 1 aliphatic rings. The van der Waals surface area contributed by atoms with E-state index in [0.717, 1.165) is 19.5 Å². The summed E-state index contributed by atoms with van der Waals surface area (Å²) >= 11 is 0. The van der Waals surface area contributed by atoms with Crippen molar-refractivity contribution >= 4 is 10.2 Å². The third-order valence-electron chi connectivity index (χ3n) is 1.72. The van der Waals surface area contributed by atoms with E-state index in [0.29, 0.717) is 6.54 Å². The summed E-state index contributed by atoms with van der Waals surface area (Å²) in [6.07, 6.45) is 0.866. The van der Waals surface area contributed by atoms with Crippen molar-refractivity contribution in [2.24, 2.45) is 0 Å². The van der Waals surface area contributed by atoms with Crippen LogP contribution in [-0.4, -0.2) is 34.1 Å². The van der Waals surface area contributed by atoms with E-state index >= 15 is 0 Å². The van der Waals surface area contributed by atoms with Crippen LogP contribution in [0.3, 0.4) is 0 Å². The molecular weight excluding hydrogens is 178 g/mol. The van der Waals surface area contributed by atoms with Gasteiger partial charge in [0, 0.05) is 19.1 Å². The van der Waals surface area contributed by atoms with Gasteiger partial charge in [0.1, 0.15) is 0 Å². The second kappa shape index (κ2) is 4.18. The lowest BCUT2D eigenvalue weighted by molar-refractivity contribution is 0.548. The van der Waals surface area contributed by atoms with Crippen LogP contribution in [0.5, 0.6) is 0 Å². The highest BCUT2D eigenvalue weighted by Gasteiger charge is 2.19. The van der Waals surface area contributed by atoms with Crippen LogP contribution in [0.2, 0.25) is 0 Å².